The average Bonchev–Trinajstić information content (AvgIpc) is 3.28. The fourth-order valence-electron chi connectivity index (χ4n) is 2.53. The Hall–Kier alpha value is -3.22. The highest BCUT2D eigenvalue weighted by molar-refractivity contribution is 5.61. The largest absolute Gasteiger partial charge is 0.497 e. The summed E-state index contributed by atoms with van der Waals surface area (Å²) >= 11 is 0. The van der Waals surface area contributed by atoms with Crippen LogP contribution in [-0.4, -0.2) is 31.8 Å². The van der Waals surface area contributed by atoms with E-state index in [0.717, 1.165) is 34.8 Å². The summed E-state index contributed by atoms with van der Waals surface area (Å²) in [5.74, 6) is 2.60. The number of rotatable bonds is 4. The fraction of sp³-hybridized carbons (Fsp3) is 0.176. The number of benzene rings is 1. The van der Waals surface area contributed by atoms with Crippen LogP contribution in [0.15, 0.2) is 47.1 Å². The molecule has 3 aromatic heterocycles. The Labute approximate surface area is 137 Å². The summed E-state index contributed by atoms with van der Waals surface area (Å²) in [5, 5.41) is 12.4. The molecule has 24 heavy (non-hydrogen) atoms. The van der Waals surface area contributed by atoms with E-state index in [2.05, 4.69) is 20.3 Å². The van der Waals surface area contributed by atoms with Gasteiger partial charge < -0.3 is 9.26 Å². The van der Waals surface area contributed by atoms with Gasteiger partial charge in [0.05, 0.1) is 7.11 Å². The van der Waals surface area contributed by atoms with E-state index in [9.17, 15) is 0 Å². The Balaban J connectivity index is 1.74. The maximum Gasteiger partial charge on any atom is 0.258 e. The van der Waals surface area contributed by atoms with Crippen molar-refractivity contribution in [1.29, 1.82) is 0 Å². The van der Waals surface area contributed by atoms with Crippen LogP contribution in [0, 0.1) is 0 Å². The molecular weight excluding hydrogens is 306 g/mol. The summed E-state index contributed by atoms with van der Waals surface area (Å²) in [4.78, 5) is 4.49. The number of hydrogen-bond donors (Lipinski definition) is 0. The third-order valence-electron chi connectivity index (χ3n) is 3.79. The zero-order valence-corrected chi connectivity index (χ0v) is 13.3. The van der Waals surface area contributed by atoms with Gasteiger partial charge in [-0.1, -0.05) is 18.1 Å². The van der Waals surface area contributed by atoms with Crippen LogP contribution in [0.25, 0.3) is 28.5 Å². The first-order valence-corrected chi connectivity index (χ1v) is 7.60. The summed E-state index contributed by atoms with van der Waals surface area (Å²) in [6.45, 7) is 2.04. The van der Waals surface area contributed by atoms with Crippen LogP contribution >= 0.6 is 0 Å². The van der Waals surface area contributed by atoms with E-state index in [0.29, 0.717) is 11.7 Å². The number of ether oxygens (including phenoxy) is 1. The summed E-state index contributed by atoms with van der Waals surface area (Å²) in [6.07, 6.45) is 2.72. The first kappa shape index (κ1) is 14.4. The molecule has 0 saturated carbocycles. The monoisotopic (exact) mass is 321 g/mol. The van der Waals surface area contributed by atoms with Gasteiger partial charge in [0.1, 0.15) is 11.6 Å². The van der Waals surface area contributed by atoms with Crippen LogP contribution in [0.1, 0.15) is 12.7 Å². The highest BCUT2D eigenvalue weighted by Gasteiger charge is 2.13. The summed E-state index contributed by atoms with van der Waals surface area (Å²) < 4.78 is 12.6. The predicted molar refractivity (Wildman–Crippen MR) is 87.6 cm³/mol. The number of aryl methyl sites for hydroxylation is 1. The second kappa shape index (κ2) is 5.77. The number of hydrogen-bond acceptors (Lipinski definition) is 6. The highest BCUT2D eigenvalue weighted by atomic mass is 16.5. The van der Waals surface area contributed by atoms with Crippen molar-refractivity contribution < 1.29 is 9.26 Å². The van der Waals surface area contributed by atoms with Gasteiger partial charge in [-0.15, -0.1) is 10.2 Å². The van der Waals surface area contributed by atoms with E-state index in [1.165, 1.54) is 0 Å². The van der Waals surface area contributed by atoms with Gasteiger partial charge in [0.15, 0.2) is 5.65 Å². The van der Waals surface area contributed by atoms with Crippen LogP contribution in [-0.2, 0) is 6.42 Å². The topological polar surface area (TPSA) is 78.3 Å². The molecule has 7 nitrogen and oxygen atoms in total. The van der Waals surface area contributed by atoms with Crippen molar-refractivity contribution in [3.05, 3.63) is 48.4 Å². The molecule has 0 N–H and O–H groups in total. The molecule has 0 atom stereocenters. The molecule has 0 aliphatic heterocycles. The molecule has 0 aliphatic carbocycles. The zero-order valence-electron chi connectivity index (χ0n) is 13.3. The maximum absolute atomic E-state index is 5.40. The lowest BCUT2D eigenvalue weighted by molar-refractivity contribution is 0.413. The molecule has 3 heterocycles. The van der Waals surface area contributed by atoms with Gasteiger partial charge in [-0.25, -0.2) is 0 Å². The molecule has 0 saturated heterocycles. The third kappa shape index (κ3) is 2.40. The molecule has 0 bridgehead atoms. The first-order chi connectivity index (χ1) is 11.8. The van der Waals surface area contributed by atoms with E-state index in [1.807, 2.05) is 53.9 Å². The number of fused-ring (bicyclic) bond motifs is 1. The fourth-order valence-corrected chi connectivity index (χ4v) is 2.53. The lowest BCUT2D eigenvalue weighted by Crippen LogP contribution is -1.93. The first-order valence-electron chi connectivity index (χ1n) is 7.60. The van der Waals surface area contributed by atoms with Crippen molar-refractivity contribution in [3.63, 3.8) is 0 Å². The number of pyridine rings is 1. The molecule has 7 heteroatoms. The van der Waals surface area contributed by atoms with Crippen molar-refractivity contribution in [3.8, 4) is 28.6 Å². The second-order valence-electron chi connectivity index (χ2n) is 5.27. The van der Waals surface area contributed by atoms with Gasteiger partial charge in [0, 0.05) is 23.7 Å². The van der Waals surface area contributed by atoms with Gasteiger partial charge >= 0.3 is 0 Å². The molecule has 0 aliphatic rings. The standard InChI is InChI=1S/C17H15N5O2/c1-3-14-19-20-15-8-7-12(10-22(14)15)16-18-17(24-21-16)11-5-4-6-13(9-11)23-2/h4-10H,3H2,1-2H3. The van der Waals surface area contributed by atoms with E-state index < -0.39 is 0 Å². The van der Waals surface area contributed by atoms with E-state index in [1.54, 1.807) is 7.11 Å². The van der Waals surface area contributed by atoms with E-state index in [4.69, 9.17) is 9.26 Å². The highest BCUT2D eigenvalue weighted by Crippen LogP contribution is 2.25. The molecular formula is C17H15N5O2. The number of methoxy groups -OCH3 is 1. The summed E-state index contributed by atoms with van der Waals surface area (Å²) in [6, 6.07) is 11.3. The molecule has 4 rings (SSSR count). The average molecular weight is 321 g/mol. The molecule has 120 valence electrons. The minimum atomic E-state index is 0.448. The Bertz CT molecular complexity index is 1010. The van der Waals surface area contributed by atoms with Crippen molar-refractivity contribution in [1.82, 2.24) is 24.7 Å². The SMILES string of the molecule is CCc1nnc2ccc(-c3noc(-c4cccc(OC)c4)n3)cn12. The Morgan fingerprint density at radius 1 is 1.12 bits per heavy atom. The maximum atomic E-state index is 5.40. The lowest BCUT2D eigenvalue weighted by atomic mass is 10.2. The summed E-state index contributed by atoms with van der Waals surface area (Å²) in [7, 11) is 1.62. The molecule has 0 fully saturated rings. The molecule has 0 spiro atoms. The van der Waals surface area contributed by atoms with Gasteiger partial charge in [-0.05, 0) is 30.3 Å². The van der Waals surface area contributed by atoms with Crippen LogP contribution < -0.4 is 4.74 Å². The third-order valence-corrected chi connectivity index (χ3v) is 3.79. The van der Waals surface area contributed by atoms with Gasteiger partial charge in [-0.2, -0.15) is 4.98 Å². The van der Waals surface area contributed by atoms with Gasteiger partial charge in [0.25, 0.3) is 5.89 Å². The zero-order chi connectivity index (χ0) is 16.5. The Morgan fingerprint density at radius 3 is 2.88 bits per heavy atom. The number of nitrogens with zero attached hydrogens (tertiary/aromatic N) is 5. The van der Waals surface area contributed by atoms with Crippen molar-refractivity contribution in [2.45, 2.75) is 13.3 Å². The lowest BCUT2D eigenvalue weighted by Gasteiger charge is -2.00. The minimum Gasteiger partial charge on any atom is -0.497 e. The van der Waals surface area contributed by atoms with Crippen LogP contribution in [0.4, 0.5) is 0 Å². The molecule has 0 radical (unpaired) electrons. The van der Waals surface area contributed by atoms with Crippen molar-refractivity contribution >= 4 is 5.65 Å². The van der Waals surface area contributed by atoms with Crippen LogP contribution in [0.2, 0.25) is 0 Å². The number of aromatic nitrogens is 5. The van der Waals surface area contributed by atoms with Crippen molar-refractivity contribution in [2.24, 2.45) is 0 Å². The quantitative estimate of drug-likeness (QED) is 0.575. The minimum absolute atomic E-state index is 0.448. The Morgan fingerprint density at radius 2 is 2.04 bits per heavy atom. The summed E-state index contributed by atoms with van der Waals surface area (Å²) in [5.41, 5.74) is 2.45. The second-order valence-corrected chi connectivity index (χ2v) is 5.27. The van der Waals surface area contributed by atoms with E-state index in [-0.39, 0.29) is 0 Å². The molecule has 0 unspecified atom stereocenters. The molecule has 1 aromatic carbocycles. The predicted octanol–water partition coefficient (Wildman–Crippen LogP) is 3.02. The molecule has 4 aromatic rings. The van der Waals surface area contributed by atoms with E-state index >= 15 is 0 Å². The Kier molecular flexibility index (Phi) is 3.45. The molecule has 0 amide bonds. The smallest absolute Gasteiger partial charge is 0.258 e. The van der Waals surface area contributed by atoms with Crippen molar-refractivity contribution in [2.75, 3.05) is 7.11 Å². The van der Waals surface area contributed by atoms with Crippen LogP contribution in [0.3, 0.4) is 0 Å². The normalized spacial score (nSPS) is 11.1. The van der Waals surface area contributed by atoms with Gasteiger partial charge in [0.2, 0.25) is 5.82 Å². The van der Waals surface area contributed by atoms with Crippen LogP contribution in [0.5, 0.6) is 5.75 Å². The van der Waals surface area contributed by atoms with Gasteiger partial charge in [-0.3, -0.25) is 4.40 Å².